The minimum Gasteiger partial charge on any atom is -0.490 e. The number of rotatable bonds is 9. The number of ether oxygens (including phenoxy) is 5. The molecule has 1 amide bonds. The van der Waals surface area contributed by atoms with Gasteiger partial charge in [0.2, 0.25) is 0 Å². The number of carbonyl (C=O) groups excluding carboxylic acids is 1. The topological polar surface area (TPSA) is 66.5 Å². The van der Waals surface area contributed by atoms with Crippen LogP contribution < -0.4 is 9.47 Å². The standard InChI is InChI=1S/C25H30FNO6/c1-16-9-21-22(24(23(16)26)33-17(2)12-30-15-29-3)25(28)27-11-20(10-19(27)14-32-21)31-13-18-7-5-4-6-8-18/h4-9,17,19-20H,10-15H2,1-3H3/t17-,19+,20-/m0/s1. The molecule has 7 nitrogen and oxygen atoms in total. The number of halogens is 1. The van der Waals surface area contributed by atoms with Crippen LogP contribution >= 0.6 is 0 Å². The quantitative estimate of drug-likeness (QED) is 0.421. The zero-order valence-electron chi connectivity index (χ0n) is 19.2. The zero-order chi connectivity index (χ0) is 23.4. The zero-order valence-corrected chi connectivity index (χ0v) is 19.2. The fraction of sp³-hybridized carbons (Fsp3) is 0.480. The Hall–Kier alpha value is -2.68. The van der Waals surface area contributed by atoms with Crippen LogP contribution in [0.5, 0.6) is 11.5 Å². The molecule has 0 N–H and O–H groups in total. The van der Waals surface area contributed by atoms with Crippen LogP contribution in [-0.2, 0) is 20.8 Å². The van der Waals surface area contributed by atoms with Gasteiger partial charge in [-0.15, -0.1) is 0 Å². The lowest BCUT2D eigenvalue weighted by Gasteiger charge is -2.23. The van der Waals surface area contributed by atoms with Gasteiger partial charge in [-0.1, -0.05) is 30.3 Å². The molecule has 0 aromatic heterocycles. The van der Waals surface area contributed by atoms with E-state index in [2.05, 4.69) is 0 Å². The molecule has 0 unspecified atom stereocenters. The number of hydrogen-bond acceptors (Lipinski definition) is 6. The minimum absolute atomic E-state index is 0.0992. The van der Waals surface area contributed by atoms with Crippen molar-refractivity contribution in [2.45, 2.75) is 45.1 Å². The molecule has 2 aliphatic heterocycles. The minimum atomic E-state index is -0.571. The molecule has 0 spiro atoms. The van der Waals surface area contributed by atoms with Gasteiger partial charge in [0, 0.05) is 13.7 Å². The number of methoxy groups -OCH3 is 1. The number of fused-ring (bicyclic) bond motifs is 2. The molecular formula is C25H30FNO6. The second kappa shape index (κ2) is 10.5. The molecule has 4 rings (SSSR count). The SMILES string of the molecule is COCOC[C@H](C)Oc1c(F)c(C)cc2c1C(=O)N1C[C@@H](OCc3ccccc3)C[C@@H]1CO2. The Kier molecular flexibility index (Phi) is 7.47. The van der Waals surface area contributed by atoms with Crippen molar-refractivity contribution < 1.29 is 32.9 Å². The molecule has 1 fully saturated rings. The van der Waals surface area contributed by atoms with Crippen molar-refractivity contribution in [1.29, 1.82) is 0 Å². The average Bonchev–Trinajstić information content (AvgIpc) is 3.18. The lowest BCUT2D eigenvalue weighted by Crippen LogP contribution is -2.37. The van der Waals surface area contributed by atoms with Crippen LogP contribution in [0.3, 0.4) is 0 Å². The summed E-state index contributed by atoms with van der Waals surface area (Å²) >= 11 is 0. The van der Waals surface area contributed by atoms with Crippen molar-refractivity contribution in [3.63, 3.8) is 0 Å². The van der Waals surface area contributed by atoms with Crippen molar-refractivity contribution in [1.82, 2.24) is 4.90 Å². The molecule has 0 radical (unpaired) electrons. The monoisotopic (exact) mass is 459 g/mol. The number of aryl methyl sites for hydroxylation is 1. The van der Waals surface area contributed by atoms with Crippen molar-refractivity contribution in [3.05, 3.63) is 58.9 Å². The fourth-order valence-corrected chi connectivity index (χ4v) is 4.21. The molecule has 3 atom stereocenters. The van der Waals surface area contributed by atoms with Crippen LogP contribution in [0.25, 0.3) is 0 Å². The van der Waals surface area contributed by atoms with Gasteiger partial charge in [-0.05, 0) is 37.5 Å². The van der Waals surface area contributed by atoms with Gasteiger partial charge in [-0.25, -0.2) is 4.39 Å². The summed E-state index contributed by atoms with van der Waals surface area (Å²) in [6, 6.07) is 11.3. The summed E-state index contributed by atoms with van der Waals surface area (Å²) < 4.78 is 43.2. The number of hydrogen-bond donors (Lipinski definition) is 0. The van der Waals surface area contributed by atoms with Crippen molar-refractivity contribution in [2.24, 2.45) is 0 Å². The maximum absolute atomic E-state index is 15.1. The Morgan fingerprint density at radius 3 is 2.82 bits per heavy atom. The third kappa shape index (κ3) is 5.29. The van der Waals surface area contributed by atoms with Crippen molar-refractivity contribution in [2.75, 3.05) is 33.7 Å². The number of amides is 1. The molecule has 1 saturated heterocycles. The summed E-state index contributed by atoms with van der Waals surface area (Å²) in [4.78, 5) is 15.3. The maximum Gasteiger partial charge on any atom is 0.261 e. The normalized spacial score (nSPS) is 20.6. The van der Waals surface area contributed by atoms with Gasteiger partial charge in [-0.2, -0.15) is 0 Å². The predicted molar refractivity (Wildman–Crippen MR) is 119 cm³/mol. The molecule has 2 aromatic rings. The van der Waals surface area contributed by atoms with Crippen LogP contribution in [0, 0.1) is 12.7 Å². The fourth-order valence-electron chi connectivity index (χ4n) is 4.21. The Balaban J connectivity index is 1.52. The molecule has 0 saturated carbocycles. The number of carbonyl (C=O) groups is 1. The number of benzene rings is 2. The van der Waals surface area contributed by atoms with Gasteiger partial charge in [-0.3, -0.25) is 4.79 Å². The Labute approximate surface area is 193 Å². The summed E-state index contributed by atoms with van der Waals surface area (Å²) in [7, 11) is 1.52. The molecule has 2 aromatic carbocycles. The Bertz CT molecular complexity index is 969. The third-order valence-electron chi connectivity index (χ3n) is 5.85. The van der Waals surface area contributed by atoms with Crippen molar-refractivity contribution >= 4 is 5.91 Å². The molecular weight excluding hydrogens is 429 g/mol. The van der Waals surface area contributed by atoms with Gasteiger partial charge in [0.05, 0.1) is 25.4 Å². The highest BCUT2D eigenvalue weighted by molar-refractivity contribution is 6.00. The van der Waals surface area contributed by atoms with E-state index in [1.807, 2.05) is 30.3 Å². The molecule has 0 aliphatic carbocycles. The highest BCUT2D eigenvalue weighted by atomic mass is 19.1. The molecule has 0 bridgehead atoms. The maximum atomic E-state index is 15.1. The summed E-state index contributed by atoms with van der Waals surface area (Å²) in [5.74, 6) is -0.635. The van der Waals surface area contributed by atoms with E-state index in [0.717, 1.165) is 5.56 Å². The van der Waals surface area contributed by atoms with Crippen molar-refractivity contribution in [3.8, 4) is 11.5 Å². The largest absolute Gasteiger partial charge is 0.490 e. The van der Waals surface area contributed by atoms with Crippen LogP contribution in [0.15, 0.2) is 36.4 Å². The Morgan fingerprint density at radius 1 is 1.27 bits per heavy atom. The van der Waals surface area contributed by atoms with Gasteiger partial charge in [0.15, 0.2) is 11.6 Å². The summed E-state index contributed by atoms with van der Waals surface area (Å²) in [5, 5.41) is 0. The van der Waals surface area contributed by atoms with Gasteiger partial charge < -0.3 is 28.6 Å². The number of nitrogens with zero attached hydrogens (tertiary/aromatic N) is 1. The van der Waals surface area contributed by atoms with Crippen LogP contribution in [0.4, 0.5) is 4.39 Å². The van der Waals surface area contributed by atoms with E-state index in [1.165, 1.54) is 7.11 Å². The van der Waals surface area contributed by atoms with E-state index >= 15 is 4.39 Å². The highest BCUT2D eigenvalue weighted by Gasteiger charge is 2.42. The van der Waals surface area contributed by atoms with Crippen LogP contribution in [0.2, 0.25) is 0 Å². The highest BCUT2D eigenvalue weighted by Crippen LogP contribution is 2.39. The van der Waals surface area contributed by atoms with Gasteiger partial charge in [0.1, 0.15) is 30.8 Å². The molecule has 8 heteroatoms. The predicted octanol–water partition coefficient (Wildman–Crippen LogP) is 3.71. The van der Waals surface area contributed by atoms with Crippen LogP contribution in [0.1, 0.15) is 34.8 Å². The molecule has 2 heterocycles. The van der Waals surface area contributed by atoms with E-state index in [-0.39, 0.29) is 42.8 Å². The smallest absolute Gasteiger partial charge is 0.261 e. The average molecular weight is 460 g/mol. The van der Waals surface area contributed by atoms with E-state index in [1.54, 1.807) is 24.8 Å². The van der Waals surface area contributed by atoms with E-state index in [0.29, 0.717) is 37.5 Å². The molecule has 33 heavy (non-hydrogen) atoms. The molecule has 178 valence electrons. The first kappa shape index (κ1) is 23.5. The third-order valence-corrected chi connectivity index (χ3v) is 5.85. The second-order valence-corrected chi connectivity index (χ2v) is 8.49. The van der Waals surface area contributed by atoms with Gasteiger partial charge in [0.25, 0.3) is 5.91 Å². The first-order chi connectivity index (χ1) is 16.0. The summed E-state index contributed by atoms with van der Waals surface area (Å²) in [6.45, 7) is 4.87. The Morgan fingerprint density at radius 2 is 2.06 bits per heavy atom. The first-order valence-electron chi connectivity index (χ1n) is 11.1. The lowest BCUT2D eigenvalue weighted by atomic mass is 10.1. The first-order valence-corrected chi connectivity index (χ1v) is 11.1. The van der Waals surface area contributed by atoms with E-state index < -0.39 is 11.9 Å². The van der Waals surface area contributed by atoms with Crippen LogP contribution in [-0.4, -0.2) is 62.7 Å². The summed E-state index contributed by atoms with van der Waals surface area (Å²) in [6.07, 6.45) is 0.0455. The molecule has 2 aliphatic rings. The van der Waals surface area contributed by atoms with Gasteiger partial charge >= 0.3 is 0 Å². The van der Waals surface area contributed by atoms with E-state index in [4.69, 9.17) is 23.7 Å². The second-order valence-electron chi connectivity index (χ2n) is 8.49. The summed E-state index contributed by atoms with van der Waals surface area (Å²) in [5.41, 5.74) is 1.54. The van der Waals surface area contributed by atoms with E-state index in [9.17, 15) is 4.79 Å². The lowest BCUT2D eigenvalue weighted by molar-refractivity contribution is -0.0538.